The van der Waals surface area contributed by atoms with E-state index in [1.165, 1.54) is 19.3 Å². The summed E-state index contributed by atoms with van der Waals surface area (Å²) in [5, 5.41) is 3.50. The molecule has 0 heterocycles. The second-order valence-electron chi connectivity index (χ2n) is 2.75. The smallest absolute Gasteiger partial charge is 0.00706 e. The van der Waals surface area contributed by atoms with Crippen LogP contribution in [0.2, 0.25) is 0 Å². The van der Waals surface area contributed by atoms with Gasteiger partial charge in [0.1, 0.15) is 0 Å². The summed E-state index contributed by atoms with van der Waals surface area (Å²) in [7, 11) is 0. The van der Waals surface area contributed by atoms with Crippen LogP contribution in [0.25, 0.3) is 0 Å². The molecule has 0 bridgehead atoms. The standard InChI is InChI=1S/C7H15N/c1-3-6(2)8-7-4-5-7/h6-8H,3-5H2,1-2H3/t6-/m1/s1. The highest BCUT2D eigenvalue weighted by Gasteiger charge is 2.21. The van der Waals surface area contributed by atoms with Crippen LogP contribution in [0.15, 0.2) is 0 Å². The third-order valence-electron chi connectivity index (χ3n) is 1.71. The Morgan fingerprint density at radius 3 is 2.62 bits per heavy atom. The first-order valence-electron chi connectivity index (χ1n) is 3.59. The lowest BCUT2D eigenvalue weighted by Crippen LogP contribution is -2.26. The average Bonchev–Trinajstić information content (AvgIpc) is 2.50. The van der Waals surface area contributed by atoms with Gasteiger partial charge in [-0.05, 0) is 26.2 Å². The van der Waals surface area contributed by atoms with Crippen LogP contribution >= 0.6 is 0 Å². The van der Waals surface area contributed by atoms with Crippen molar-refractivity contribution in [2.45, 2.75) is 45.2 Å². The van der Waals surface area contributed by atoms with Crippen molar-refractivity contribution in [1.29, 1.82) is 0 Å². The Morgan fingerprint density at radius 2 is 2.25 bits per heavy atom. The average molecular weight is 113 g/mol. The predicted octanol–water partition coefficient (Wildman–Crippen LogP) is 1.54. The van der Waals surface area contributed by atoms with Gasteiger partial charge in [-0.2, -0.15) is 0 Å². The highest BCUT2D eigenvalue weighted by atomic mass is 15.0. The minimum absolute atomic E-state index is 0.738. The fraction of sp³-hybridized carbons (Fsp3) is 1.00. The maximum atomic E-state index is 3.50. The zero-order valence-corrected chi connectivity index (χ0v) is 5.78. The number of hydrogen-bond donors (Lipinski definition) is 1. The normalized spacial score (nSPS) is 23.2. The fourth-order valence-electron chi connectivity index (χ4n) is 0.770. The van der Waals surface area contributed by atoms with E-state index >= 15 is 0 Å². The van der Waals surface area contributed by atoms with Crippen molar-refractivity contribution in [2.75, 3.05) is 0 Å². The van der Waals surface area contributed by atoms with Crippen LogP contribution in [0.1, 0.15) is 33.1 Å². The fourth-order valence-corrected chi connectivity index (χ4v) is 0.770. The summed E-state index contributed by atoms with van der Waals surface area (Å²) in [6, 6.07) is 1.62. The summed E-state index contributed by atoms with van der Waals surface area (Å²) >= 11 is 0. The molecule has 8 heavy (non-hydrogen) atoms. The van der Waals surface area contributed by atoms with Gasteiger partial charge in [0.15, 0.2) is 0 Å². The van der Waals surface area contributed by atoms with Crippen molar-refractivity contribution in [3.8, 4) is 0 Å². The Hall–Kier alpha value is -0.0400. The van der Waals surface area contributed by atoms with E-state index < -0.39 is 0 Å². The Bertz CT molecular complexity index is 66.8. The summed E-state index contributed by atoms with van der Waals surface area (Å²) in [4.78, 5) is 0. The van der Waals surface area contributed by atoms with E-state index in [9.17, 15) is 0 Å². The molecule has 48 valence electrons. The third-order valence-corrected chi connectivity index (χ3v) is 1.71. The van der Waals surface area contributed by atoms with Crippen LogP contribution in [-0.4, -0.2) is 12.1 Å². The van der Waals surface area contributed by atoms with Gasteiger partial charge in [-0.3, -0.25) is 0 Å². The molecule has 1 N–H and O–H groups in total. The van der Waals surface area contributed by atoms with E-state index in [4.69, 9.17) is 0 Å². The van der Waals surface area contributed by atoms with Gasteiger partial charge < -0.3 is 5.32 Å². The van der Waals surface area contributed by atoms with Crippen molar-refractivity contribution in [3.05, 3.63) is 0 Å². The van der Waals surface area contributed by atoms with Gasteiger partial charge in [-0.25, -0.2) is 0 Å². The highest BCUT2D eigenvalue weighted by molar-refractivity contribution is 4.82. The Labute approximate surface area is 51.5 Å². The molecule has 1 rings (SSSR count). The van der Waals surface area contributed by atoms with Gasteiger partial charge >= 0.3 is 0 Å². The van der Waals surface area contributed by atoms with Crippen LogP contribution in [-0.2, 0) is 0 Å². The molecule has 0 radical (unpaired) electrons. The minimum Gasteiger partial charge on any atom is -0.312 e. The first-order chi connectivity index (χ1) is 3.83. The van der Waals surface area contributed by atoms with Gasteiger partial charge in [0.05, 0.1) is 0 Å². The molecule has 1 heteroatoms. The molecule has 0 aromatic carbocycles. The Kier molecular flexibility index (Phi) is 1.90. The molecule has 0 amide bonds. The maximum absolute atomic E-state index is 3.50. The van der Waals surface area contributed by atoms with Gasteiger partial charge in [-0.1, -0.05) is 6.92 Å². The van der Waals surface area contributed by atoms with E-state index in [1.54, 1.807) is 0 Å². The number of nitrogens with one attached hydrogen (secondary N) is 1. The summed E-state index contributed by atoms with van der Waals surface area (Å²) in [5.41, 5.74) is 0. The van der Waals surface area contributed by atoms with E-state index in [1.807, 2.05) is 0 Å². The van der Waals surface area contributed by atoms with Crippen molar-refractivity contribution in [2.24, 2.45) is 0 Å². The van der Waals surface area contributed by atoms with E-state index in [2.05, 4.69) is 19.2 Å². The van der Waals surface area contributed by atoms with Crippen LogP contribution in [0, 0.1) is 0 Å². The van der Waals surface area contributed by atoms with Crippen molar-refractivity contribution in [1.82, 2.24) is 5.32 Å². The van der Waals surface area contributed by atoms with Crippen LogP contribution in [0.4, 0.5) is 0 Å². The van der Waals surface area contributed by atoms with Crippen molar-refractivity contribution >= 4 is 0 Å². The van der Waals surface area contributed by atoms with E-state index in [0.29, 0.717) is 0 Å². The molecule has 0 aliphatic heterocycles. The molecule has 0 aromatic heterocycles. The molecule has 0 spiro atoms. The molecule has 0 aromatic rings. The molecular weight excluding hydrogens is 98.1 g/mol. The molecule has 1 aliphatic carbocycles. The zero-order chi connectivity index (χ0) is 5.98. The molecule has 1 saturated carbocycles. The molecule has 0 unspecified atom stereocenters. The largest absolute Gasteiger partial charge is 0.312 e. The van der Waals surface area contributed by atoms with Crippen molar-refractivity contribution in [3.63, 3.8) is 0 Å². The molecule has 1 atom stereocenters. The molecule has 0 saturated heterocycles. The second kappa shape index (κ2) is 2.49. The first kappa shape index (κ1) is 6.09. The van der Waals surface area contributed by atoms with Gasteiger partial charge in [-0.15, -0.1) is 0 Å². The quantitative estimate of drug-likeness (QED) is 0.585. The number of hydrogen-bond acceptors (Lipinski definition) is 1. The van der Waals surface area contributed by atoms with Crippen LogP contribution in [0.3, 0.4) is 0 Å². The Morgan fingerprint density at radius 1 is 1.62 bits per heavy atom. The van der Waals surface area contributed by atoms with Crippen LogP contribution < -0.4 is 5.32 Å². The lowest BCUT2D eigenvalue weighted by Gasteiger charge is -2.08. The molecule has 1 aliphatic rings. The minimum atomic E-state index is 0.738. The zero-order valence-electron chi connectivity index (χ0n) is 5.78. The Balaban J connectivity index is 1.98. The van der Waals surface area contributed by atoms with Crippen LogP contribution in [0.5, 0.6) is 0 Å². The highest BCUT2D eigenvalue weighted by Crippen LogP contribution is 2.19. The van der Waals surface area contributed by atoms with E-state index in [0.717, 1.165) is 12.1 Å². The maximum Gasteiger partial charge on any atom is 0.00706 e. The second-order valence-corrected chi connectivity index (χ2v) is 2.75. The molecule has 1 fully saturated rings. The lowest BCUT2D eigenvalue weighted by atomic mass is 10.2. The summed E-state index contributed by atoms with van der Waals surface area (Å²) < 4.78 is 0. The van der Waals surface area contributed by atoms with Gasteiger partial charge in [0.25, 0.3) is 0 Å². The van der Waals surface area contributed by atoms with Gasteiger partial charge in [0, 0.05) is 12.1 Å². The van der Waals surface area contributed by atoms with Crippen molar-refractivity contribution < 1.29 is 0 Å². The lowest BCUT2D eigenvalue weighted by molar-refractivity contribution is 0.531. The molecular formula is C7H15N. The third kappa shape index (κ3) is 1.83. The topological polar surface area (TPSA) is 12.0 Å². The predicted molar refractivity (Wildman–Crippen MR) is 35.9 cm³/mol. The first-order valence-corrected chi connectivity index (χ1v) is 3.59. The monoisotopic (exact) mass is 113 g/mol. The SMILES string of the molecule is CC[C@@H](C)NC1CC1. The number of rotatable bonds is 3. The summed E-state index contributed by atoms with van der Waals surface area (Å²) in [6.45, 7) is 4.47. The summed E-state index contributed by atoms with van der Waals surface area (Å²) in [5.74, 6) is 0. The van der Waals surface area contributed by atoms with Gasteiger partial charge in [0.2, 0.25) is 0 Å². The summed E-state index contributed by atoms with van der Waals surface area (Å²) in [6.07, 6.45) is 4.07. The van der Waals surface area contributed by atoms with E-state index in [-0.39, 0.29) is 0 Å². The molecule has 1 nitrogen and oxygen atoms in total.